The third-order valence-corrected chi connectivity index (χ3v) is 4.26. The number of hydrogen-bond donors (Lipinski definition) is 2. The fourth-order valence-corrected chi connectivity index (χ4v) is 2.53. The Morgan fingerprint density at radius 1 is 1.26 bits per heavy atom. The number of benzene rings is 1. The van der Waals surface area contributed by atoms with E-state index in [1.807, 2.05) is 20.8 Å². The molecule has 1 aromatic carbocycles. The molecule has 1 unspecified atom stereocenters. The van der Waals surface area contributed by atoms with Gasteiger partial charge in [-0.25, -0.2) is 4.39 Å². The predicted molar refractivity (Wildman–Crippen MR) is 87.4 cm³/mol. The lowest BCUT2D eigenvalue weighted by Gasteiger charge is -2.36. The van der Waals surface area contributed by atoms with Crippen LogP contribution in [0.15, 0.2) is 24.3 Å². The van der Waals surface area contributed by atoms with Crippen LogP contribution < -0.4 is 10.6 Å². The second-order valence-corrected chi connectivity index (χ2v) is 6.32. The highest BCUT2D eigenvalue weighted by atomic mass is 19.1. The van der Waals surface area contributed by atoms with Crippen molar-refractivity contribution >= 4 is 17.5 Å². The first-order valence-corrected chi connectivity index (χ1v) is 7.95. The number of hydrogen-bond acceptors (Lipinski definition) is 3. The van der Waals surface area contributed by atoms with Crippen LogP contribution in [0, 0.1) is 17.7 Å². The molecular weight excluding hydrogens is 297 g/mol. The Morgan fingerprint density at radius 3 is 2.35 bits per heavy atom. The minimum atomic E-state index is -0.357. The first-order valence-electron chi connectivity index (χ1n) is 7.95. The Bertz CT molecular complexity index is 555. The molecular formula is C17H24FN3O2. The van der Waals surface area contributed by atoms with E-state index in [1.54, 1.807) is 4.90 Å². The molecule has 0 radical (unpaired) electrons. The predicted octanol–water partition coefficient (Wildman–Crippen LogP) is 1.86. The minimum absolute atomic E-state index is 0.000700. The van der Waals surface area contributed by atoms with Crippen LogP contribution in [0.3, 0.4) is 0 Å². The van der Waals surface area contributed by atoms with Crippen LogP contribution in [0.1, 0.15) is 20.8 Å². The molecule has 1 fully saturated rings. The molecule has 6 heteroatoms. The number of nitrogens with one attached hydrogen (secondary N) is 2. The van der Waals surface area contributed by atoms with E-state index in [9.17, 15) is 14.0 Å². The van der Waals surface area contributed by atoms with E-state index >= 15 is 0 Å². The Labute approximate surface area is 136 Å². The van der Waals surface area contributed by atoms with Crippen molar-refractivity contribution in [2.45, 2.75) is 26.8 Å². The van der Waals surface area contributed by atoms with Crippen LogP contribution in [0.2, 0.25) is 0 Å². The highest BCUT2D eigenvalue weighted by Crippen LogP contribution is 2.19. The number of nitrogens with zero attached hydrogens (tertiary/aromatic N) is 1. The fraction of sp³-hybridized carbons (Fsp3) is 0.529. The van der Waals surface area contributed by atoms with Gasteiger partial charge in [0, 0.05) is 17.6 Å². The first kappa shape index (κ1) is 17.4. The van der Waals surface area contributed by atoms with Crippen molar-refractivity contribution in [3.63, 3.8) is 0 Å². The summed E-state index contributed by atoms with van der Waals surface area (Å²) in [5.74, 6) is -0.399. The van der Waals surface area contributed by atoms with E-state index in [0.29, 0.717) is 11.6 Å². The van der Waals surface area contributed by atoms with E-state index in [1.165, 1.54) is 24.3 Å². The lowest BCUT2D eigenvalue weighted by atomic mass is 9.87. The largest absolute Gasteiger partial charge is 0.331 e. The molecule has 0 spiro atoms. The molecule has 0 aromatic heterocycles. The second kappa shape index (κ2) is 7.55. The zero-order valence-corrected chi connectivity index (χ0v) is 13.8. The van der Waals surface area contributed by atoms with Crippen LogP contribution in [0.4, 0.5) is 10.1 Å². The van der Waals surface area contributed by atoms with Gasteiger partial charge in [-0.3, -0.25) is 9.59 Å². The van der Waals surface area contributed by atoms with Gasteiger partial charge in [-0.1, -0.05) is 6.92 Å². The molecule has 0 bridgehead atoms. The first-order chi connectivity index (χ1) is 10.9. The number of carbonyl (C=O) groups is 2. The summed E-state index contributed by atoms with van der Waals surface area (Å²) >= 11 is 0. The van der Waals surface area contributed by atoms with Gasteiger partial charge in [0.05, 0.1) is 0 Å². The van der Waals surface area contributed by atoms with Gasteiger partial charge in [0.1, 0.15) is 12.4 Å². The number of halogens is 1. The van der Waals surface area contributed by atoms with Crippen LogP contribution in [0.5, 0.6) is 0 Å². The summed E-state index contributed by atoms with van der Waals surface area (Å²) in [4.78, 5) is 26.4. The molecule has 2 amide bonds. The number of anilines is 1. The zero-order valence-electron chi connectivity index (χ0n) is 13.8. The Hall–Kier alpha value is -1.95. The molecule has 1 heterocycles. The standard InChI is InChI=1S/C17H24FN3O2/c1-11(2)21(17(23)12(3)13-8-19-9-13)10-16(22)20-15-6-4-14(18)5-7-15/h4-7,11-13,19H,8-10H2,1-3H3,(H,20,22). The third kappa shape index (κ3) is 4.51. The van der Waals surface area contributed by atoms with Crippen LogP contribution >= 0.6 is 0 Å². The molecule has 0 aliphatic carbocycles. The maximum Gasteiger partial charge on any atom is 0.244 e. The van der Waals surface area contributed by atoms with Crippen molar-refractivity contribution in [1.29, 1.82) is 0 Å². The summed E-state index contributed by atoms with van der Waals surface area (Å²) in [5, 5.41) is 5.86. The number of amides is 2. The SMILES string of the molecule is CC(C(=O)N(CC(=O)Nc1ccc(F)cc1)C(C)C)C1CNC1. The van der Waals surface area contributed by atoms with E-state index < -0.39 is 0 Å². The highest BCUT2D eigenvalue weighted by Gasteiger charge is 2.33. The Morgan fingerprint density at radius 2 is 1.87 bits per heavy atom. The minimum Gasteiger partial charge on any atom is -0.331 e. The molecule has 5 nitrogen and oxygen atoms in total. The van der Waals surface area contributed by atoms with Crippen molar-refractivity contribution in [2.75, 3.05) is 25.0 Å². The van der Waals surface area contributed by atoms with Gasteiger partial charge in [0.2, 0.25) is 11.8 Å². The molecule has 23 heavy (non-hydrogen) atoms. The van der Waals surface area contributed by atoms with Crippen molar-refractivity contribution in [1.82, 2.24) is 10.2 Å². The van der Waals surface area contributed by atoms with Gasteiger partial charge in [0.15, 0.2) is 0 Å². The monoisotopic (exact) mass is 321 g/mol. The van der Waals surface area contributed by atoms with E-state index in [0.717, 1.165) is 13.1 Å². The van der Waals surface area contributed by atoms with Crippen molar-refractivity contribution in [2.24, 2.45) is 11.8 Å². The van der Waals surface area contributed by atoms with Gasteiger partial charge in [-0.05, 0) is 57.1 Å². The molecule has 2 rings (SSSR count). The lowest BCUT2D eigenvalue weighted by molar-refractivity contribution is -0.141. The van der Waals surface area contributed by atoms with Crippen LogP contribution in [-0.4, -0.2) is 42.4 Å². The quantitative estimate of drug-likeness (QED) is 0.841. The molecule has 1 saturated heterocycles. The molecule has 0 saturated carbocycles. The molecule has 126 valence electrons. The molecule has 1 aliphatic rings. The smallest absolute Gasteiger partial charge is 0.244 e. The maximum absolute atomic E-state index is 12.9. The van der Waals surface area contributed by atoms with E-state index in [2.05, 4.69) is 10.6 Å². The summed E-state index contributed by atoms with van der Waals surface area (Å²) in [6.45, 7) is 7.41. The van der Waals surface area contributed by atoms with E-state index in [-0.39, 0.29) is 36.1 Å². The summed E-state index contributed by atoms with van der Waals surface area (Å²) < 4.78 is 12.9. The second-order valence-electron chi connectivity index (χ2n) is 6.32. The normalized spacial score (nSPS) is 15.9. The van der Waals surface area contributed by atoms with E-state index in [4.69, 9.17) is 0 Å². The molecule has 1 aliphatic heterocycles. The number of rotatable bonds is 6. The van der Waals surface area contributed by atoms with Gasteiger partial charge in [-0.15, -0.1) is 0 Å². The Balaban J connectivity index is 1.96. The summed E-state index contributed by atoms with van der Waals surface area (Å²) in [6, 6.07) is 5.51. The van der Waals surface area contributed by atoms with Crippen molar-refractivity contribution < 1.29 is 14.0 Å². The highest BCUT2D eigenvalue weighted by molar-refractivity contribution is 5.94. The summed E-state index contributed by atoms with van der Waals surface area (Å²) in [6.07, 6.45) is 0. The van der Waals surface area contributed by atoms with Gasteiger partial charge < -0.3 is 15.5 Å². The third-order valence-electron chi connectivity index (χ3n) is 4.26. The Kier molecular flexibility index (Phi) is 5.71. The van der Waals surface area contributed by atoms with Crippen LogP contribution in [-0.2, 0) is 9.59 Å². The average Bonchev–Trinajstić information content (AvgIpc) is 2.44. The fourth-order valence-electron chi connectivity index (χ4n) is 2.53. The molecule has 1 aromatic rings. The van der Waals surface area contributed by atoms with Crippen molar-refractivity contribution in [3.05, 3.63) is 30.1 Å². The maximum atomic E-state index is 12.9. The lowest BCUT2D eigenvalue weighted by Crippen LogP contribution is -2.52. The van der Waals surface area contributed by atoms with Gasteiger partial charge in [0.25, 0.3) is 0 Å². The topological polar surface area (TPSA) is 61.4 Å². The summed E-state index contributed by atoms with van der Waals surface area (Å²) in [5.41, 5.74) is 0.517. The zero-order chi connectivity index (χ0) is 17.0. The molecule has 2 N–H and O–H groups in total. The average molecular weight is 321 g/mol. The number of carbonyl (C=O) groups excluding carboxylic acids is 2. The summed E-state index contributed by atoms with van der Waals surface area (Å²) in [7, 11) is 0. The van der Waals surface area contributed by atoms with Gasteiger partial charge >= 0.3 is 0 Å². The van der Waals surface area contributed by atoms with Crippen LogP contribution in [0.25, 0.3) is 0 Å². The molecule has 1 atom stereocenters. The van der Waals surface area contributed by atoms with Crippen molar-refractivity contribution in [3.8, 4) is 0 Å². The van der Waals surface area contributed by atoms with Gasteiger partial charge in [-0.2, -0.15) is 0 Å².